The van der Waals surface area contributed by atoms with Gasteiger partial charge in [-0.1, -0.05) is 71.7 Å². The van der Waals surface area contributed by atoms with Crippen LogP contribution in [0.15, 0.2) is 60.7 Å². The fourth-order valence-electron chi connectivity index (χ4n) is 3.99. The topological polar surface area (TPSA) is 125 Å². The highest BCUT2D eigenvalue weighted by atomic mass is 35.5. The van der Waals surface area contributed by atoms with Crippen LogP contribution in [0.1, 0.15) is 27.4 Å². The van der Waals surface area contributed by atoms with Crippen LogP contribution in [-0.4, -0.2) is 47.4 Å². The number of aliphatic carboxylic acids is 1. The molecule has 0 saturated heterocycles. The average Bonchev–Trinajstić information content (AvgIpc) is 3.16. The van der Waals surface area contributed by atoms with Gasteiger partial charge in [-0.15, -0.1) is 0 Å². The first-order valence-electron chi connectivity index (χ1n) is 10.6. The van der Waals surface area contributed by atoms with Crippen molar-refractivity contribution in [2.45, 2.75) is 12.0 Å². The standard InChI is InChI=1S/C25H20Cl2N2O6/c26-19-9-13(23(31)28-21(11-30)24(32)33)10-20(27)22(19)29-25(34)35-12-18-16-7-3-1-5-14(16)15-6-2-4-8-17(15)18/h1-10,18,21,30H,11-12H2,(H,28,31)(H,29,34)(H,32,33)/t21-/m1/s1. The van der Waals surface area contributed by atoms with Gasteiger partial charge in [0.1, 0.15) is 6.61 Å². The monoisotopic (exact) mass is 514 g/mol. The van der Waals surface area contributed by atoms with Crippen molar-refractivity contribution in [2.24, 2.45) is 0 Å². The molecule has 8 nitrogen and oxygen atoms in total. The summed E-state index contributed by atoms with van der Waals surface area (Å²) in [6.45, 7) is -0.697. The first-order chi connectivity index (χ1) is 16.8. The number of halogens is 2. The number of rotatable bonds is 7. The molecule has 0 spiro atoms. The molecule has 1 atom stereocenters. The molecule has 2 amide bonds. The molecule has 3 aromatic rings. The van der Waals surface area contributed by atoms with E-state index in [2.05, 4.69) is 10.6 Å². The number of hydrogen-bond acceptors (Lipinski definition) is 5. The van der Waals surface area contributed by atoms with E-state index in [4.69, 9.17) is 38.2 Å². The van der Waals surface area contributed by atoms with E-state index < -0.39 is 30.6 Å². The number of carbonyl (C=O) groups excluding carboxylic acids is 2. The summed E-state index contributed by atoms with van der Waals surface area (Å²) in [5.74, 6) is -2.33. The second-order valence-electron chi connectivity index (χ2n) is 7.81. The van der Waals surface area contributed by atoms with Crippen molar-refractivity contribution in [3.05, 3.63) is 87.4 Å². The van der Waals surface area contributed by atoms with E-state index in [0.717, 1.165) is 22.3 Å². The third-order valence-electron chi connectivity index (χ3n) is 5.66. The molecule has 1 aliphatic carbocycles. The summed E-state index contributed by atoms with van der Waals surface area (Å²) in [7, 11) is 0. The van der Waals surface area contributed by atoms with Gasteiger partial charge in [0.2, 0.25) is 0 Å². The number of nitrogens with one attached hydrogen (secondary N) is 2. The molecule has 0 aliphatic heterocycles. The van der Waals surface area contributed by atoms with Gasteiger partial charge in [-0.2, -0.15) is 0 Å². The number of ether oxygens (including phenoxy) is 1. The van der Waals surface area contributed by atoms with Crippen LogP contribution in [0.4, 0.5) is 10.5 Å². The minimum atomic E-state index is -1.49. The number of benzene rings is 3. The second-order valence-corrected chi connectivity index (χ2v) is 8.63. The summed E-state index contributed by atoms with van der Waals surface area (Å²) < 4.78 is 5.49. The maximum Gasteiger partial charge on any atom is 0.411 e. The highest BCUT2D eigenvalue weighted by molar-refractivity contribution is 6.40. The maximum atomic E-state index is 12.6. The smallest absolute Gasteiger partial charge is 0.411 e. The van der Waals surface area contributed by atoms with Gasteiger partial charge in [0.05, 0.1) is 22.3 Å². The minimum absolute atomic E-state index is 0.0408. The zero-order valence-corrected chi connectivity index (χ0v) is 19.6. The normalized spacial score (nSPS) is 12.9. The fourth-order valence-corrected chi connectivity index (χ4v) is 4.57. The van der Waals surface area contributed by atoms with Crippen molar-refractivity contribution in [3.63, 3.8) is 0 Å². The van der Waals surface area contributed by atoms with E-state index in [9.17, 15) is 14.4 Å². The molecule has 0 unspecified atom stereocenters. The van der Waals surface area contributed by atoms with Crippen molar-refractivity contribution in [3.8, 4) is 11.1 Å². The molecule has 0 saturated carbocycles. The number of amides is 2. The Labute approximate surface area is 210 Å². The van der Waals surface area contributed by atoms with E-state index in [1.165, 1.54) is 12.1 Å². The molecule has 10 heteroatoms. The minimum Gasteiger partial charge on any atom is -0.480 e. The predicted octanol–water partition coefficient (Wildman–Crippen LogP) is 4.53. The van der Waals surface area contributed by atoms with Crippen molar-refractivity contribution >= 4 is 46.9 Å². The average molecular weight is 515 g/mol. The number of aliphatic hydroxyl groups excluding tert-OH is 1. The first kappa shape index (κ1) is 24.5. The number of carboxylic acid groups (broad SMARTS) is 1. The summed E-state index contributed by atoms with van der Waals surface area (Å²) in [5.41, 5.74) is 4.33. The van der Waals surface area contributed by atoms with Gasteiger partial charge in [-0.3, -0.25) is 10.1 Å². The summed E-state index contributed by atoms with van der Waals surface area (Å²) >= 11 is 12.4. The Balaban J connectivity index is 1.44. The van der Waals surface area contributed by atoms with Gasteiger partial charge >= 0.3 is 12.1 Å². The second kappa shape index (κ2) is 10.4. The van der Waals surface area contributed by atoms with E-state index in [-0.39, 0.29) is 33.8 Å². The van der Waals surface area contributed by atoms with Crippen molar-refractivity contribution in [1.29, 1.82) is 0 Å². The van der Waals surface area contributed by atoms with Crippen LogP contribution in [-0.2, 0) is 9.53 Å². The van der Waals surface area contributed by atoms with E-state index >= 15 is 0 Å². The lowest BCUT2D eigenvalue weighted by atomic mass is 9.98. The molecule has 0 aromatic heterocycles. The largest absolute Gasteiger partial charge is 0.480 e. The molecule has 0 fully saturated rings. The lowest BCUT2D eigenvalue weighted by Gasteiger charge is -2.16. The SMILES string of the molecule is O=C(Nc1c(Cl)cc(C(=O)N[C@H](CO)C(=O)O)cc1Cl)OCC1c2ccccc2-c2ccccc21. The number of anilines is 1. The van der Waals surface area contributed by atoms with Gasteiger partial charge < -0.3 is 20.3 Å². The number of fused-ring (bicyclic) bond motifs is 3. The third kappa shape index (κ3) is 5.09. The van der Waals surface area contributed by atoms with Gasteiger partial charge in [0.25, 0.3) is 5.91 Å². The van der Waals surface area contributed by atoms with Crippen molar-refractivity contribution < 1.29 is 29.3 Å². The summed E-state index contributed by atoms with van der Waals surface area (Å²) in [6, 6.07) is 16.8. The van der Waals surface area contributed by atoms with Crippen LogP contribution in [0.25, 0.3) is 11.1 Å². The quantitative estimate of drug-likeness (QED) is 0.367. The molecular weight excluding hydrogens is 495 g/mol. The van der Waals surface area contributed by atoms with Crippen molar-refractivity contribution in [1.82, 2.24) is 5.32 Å². The van der Waals surface area contributed by atoms with Crippen molar-refractivity contribution in [2.75, 3.05) is 18.5 Å². The van der Waals surface area contributed by atoms with Gasteiger partial charge in [-0.05, 0) is 34.4 Å². The van der Waals surface area contributed by atoms with Gasteiger partial charge in [0.15, 0.2) is 6.04 Å². The van der Waals surface area contributed by atoms with E-state index in [0.29, 0.717) is 0 Å². The number of carboxylic acids is 1. The highest BCUT2D eigenvalue weighted by Crippen LogP contribution is 2.44. The zero-order chi connectivity index (χ0) is 25.1. The number of aliphatic hydroxyl groups is 1. The number of hydrogen-bond donors (Lipinski definition) is 4. The highest BCUT2D eigenvalue weighted by Gasteiger charge is 2.29. The first-order valence-corrected chi connectivity index (χ1v) is 11.3. The molecular formula is C25H20Cl2N2O6. The van der Waals surface area contributed by atoms with Crippen LogP contribution >= 0.6 is 23.2 Å². The molecule has 0 radical (unpaired) electrons. The Morgan fingerprint density at radius 1 is 0.943 bits per heavy atom. The van der Waals surface area contributed by atoms with Crippen LogP contribution in [0.2, 0.25) is 10.0 Å². The molecule has 0 heterocycles. The molecule has 0 bridgehead atoms. The Hall–Kier alpha value is -3.59. The van der Waals surface area contributed by atoms with E-state index in [1.54, 1.807) is 0 Å². The van der Waals surface area contributed by atoms with Crippen LogP contribution in [0.5, 0.6) is 0 Å². The van der Waals surface area contributed by atoms with Crippen LogP contribution < -0.4 is 10.6 Å². The van der Waals surface area contributed by atoms with Gasteiger partial charge in [-0.25, -0.2) is 9.59 Å². The van der Waals surface area contributed by atoms with Crippen LogP contribution in [0.3, 0.4) is 0 Å². The Morgan fingerprint density at radius 2 is 1.49 bits per heavy atom. The Morgan fingerprint density at radius 3 is 2.00 bits per heavy atom. The third-order valence-corrected chi connectivity index (χ3v) is 6.26. The molecule has 3 aromatic carbocycles. The number of carbonyl (C=O) groups is 3. The summed E-state index contributed by atoms with van der Waals surface area (Å²) in [6.07, 6.45) is -0.779. The zero-order valence-electron chi connectivity index (χ0n) is 18.1. The lowest BCUT2D eigenvalue weighted by Crippen LogP contribution is -2.43. The molecule has 180 valence electrons. The predicted molar refractivity (Wildman–Crippen MR) is 131 cm³/mol. The van der Waals surface area contributed by atoms with E-state index in [1.807, 2.05) is 48.5 Å². The fraction of sp³-hybridized carbons (Fsp3) is 0.160. The maximum absolute atomic E-state index is 12.6. The van der Waals surface area contributed by atoms with Crippen LogP contribution in [0, 0.1) is 0 Å². The summed E-state index contributed by atoms with van der Waals surface area (Å²) in [4.78, 5) is 35.9. The summed E-state index contributed by atoms with van der Waals surface area (Å²) in [5, 5.41) is 22.6. The lowest BCUT2D eigenvalue weighted by molar-refractivity contribution is -0.140. The van der Waals surface area contributed by atoms with Gasteiger partial charge in [0, 0.05) is 11.5 Å². The Kier molecular flexibility index (Phi) is 7.25. The molecule has 1 aliphatic rings. The Bertz CT molecular complexity index is 1240. The molecule has 4 rings (SSSR count). The molecule has 35 heavy (non-hydrogen) atoms. The molecule has 4 N–H and O–H groups in total.